The largest absolute Gasteiger partial charge is 0.0691 e. The van der Waals surface area contributed by atoms with Crippen molar-refractivity contribution in [3.05, 3.63) is 0 Å². The van der Waals surface area contributed by atoms with Crippen molar-refractivity contribution >= 4 is 8.07 Å². The first-order chi connectivity index (χ1) is 5.27. The maximum atomic E-state index is 2.63. The van der Waals surface area contributed by atoms with Crippen LogP contribution >= 0.6 is 0 Å². The van der Waals surface area contributed by atoms with Crippen LogP contribution in [0.3, 0.4) is 0 Å². The zero-order valence-electron chi connectivity index (χ0n) is 8.16. The standard InChI is InChI=1S/C10H22Si/c1-3-4-8-11(2)9-6-5-7-10-11/h3-10H2,1-2H3. The van der Waals surface area contributed by atoms with E-state index >= 15 is 0 Å². The second kappa shape index (κ2) is 4.29. The van der Waals surface area contributed by atoms with Gasteiger partial charge in [0, 0.05) is 0 Å². The Bertz CT molecular complexity index is 103. The summed E-state index contributed by atoms with van der Waals surface area (Å²) in [5, 5.41) is 0. The molecular formula is C10H22Si. The van der Waals surface area contributed by atoms with Gasteiger partial charge < -0.3 is 0 Å². The number of unbranched alkanes of at least 4 members (excludes halogenated alkanes) is 1. The van der Waals surface area contributed by atoms with Crippen LogP contribution in [0.15, 0.2) is 0 Å². The molecule has 1 rings (SSSR count). The van der Waals surface area contributed by atoms with Gasteiger partial charge in [-0.2, -0.15) is 0 Å². The van der Waals surface area contributed by atoms with Gasteiger partial charge in [-0.15, -0.1) is 0 Å². The zero-order chi connectivity index (χ0) is 8.16. The maximum Gasteiger partial charge on any atom is 0.0504 e. The Balaban J connectivity index is 2.25. The predicted molar refractivity (Wildman–Crippen MR) is 54.8 cm³/mol. The Morgan fingerprint density at radius 1 is 1.09 bits per heavy atom. The lowest BCUT2D eigenvalue weighted by Crippen LogP contribution is -2.31. The molecular weight excluding hydrogens is 148 g/mol. The molecule has 1 heterocycles. The van der Waals surface area contributed by atoms with Crippen LogP contribution in [-0.4, -0.2) is 8.07 Å². The second-order valence-corrected chi connectivity index (χ2v) is 9.60. The minimum atomic E-state index is -0.658. The van der Waals surface area contributed by atoms with E-state index in [0.29, 0.717) is 0 Å². The highest BCUT2D eigenvalue weighted by Crippen LogP contribution is 2.32. The van der Waals surface area contributed by atoms with Crippen LogP contribution < -0.4 is 0 Å². The minimum absolute atomic E-state index is 0.658. The van der Waals surface area contributed by atoms with Crippen molar-refractivity contribution in [1.29, 1.82) is 0 Å². The van der Waals surface area contributed by atoms with Gasteiger partial charge in [-0.25, -0.2) is 0 Å². The molecule has 1 saturated heterocycles. The van der Waals surface area contributed by atoms with Gasteiger partial charge in [-0.05, 0) is 0 Å². The molecule has 0 N–H and O–H groups in total. The van der Waals surface area contributed by atoms with E-state index in [1.165, 1.54) is 19.3 Å². The van der Waals surface area contributed by atoms with Crippen molar-refractivity contribution in [1.82, 2.24) is 0 Å². The van der Waals surface area contributed by atoms with Gasteiger partial charge in [0.2, 0.25) is 0 Å². The van der Waals surface area contributed by atoms with Crippen molar-refractivity contribution < 1.29 is 0 Å². The van der Waals surface area contributed by atoms with Crippen LogP contribution in [-0.2, 0) is 0 Å². The highest BCUT2D eigenvalue weighted by molar-refractivity contribution is 6.78. The lowest BCUT2D eigenvalue weighted by molar-refractivity contribution is 0.699. The van der Waals surface area contributed by atoms with E-state index in [-0.39, 0.29) is 0 Å². The summed E-state index contributed by atoms with van der Waals surface area (Å²) in [7, 11) is -0.658. The molecule has 1 aliphatic rings. The first kappa shape index (κ1) is 9.31. The van der Waals surface area contributed by atoms with Crippen LogP contribution in [0, 0.1) is 0 Å². The molecule has 11 heavy (non-hydrogen) atoms. The Kier molecular flexibility index (Phi) is 3.63. The van der Waals surface area contributed by atoms with Crippen LogP contribution in [0.25, 0.3) is 0 Å². The van der Waals surface area contributed by atoms with Crippen LogP contribution in [0.2, 0.25) is 24.7 Å². The summed E-state index contributed by atoms with van der Waals surface area (Å²) < 4.78 is 0. The molecule has 1 fully saturated rings. The van der Waals surface area contributed by atoms with E-state index in [9.17, 15) is 0 Å². The summed E-state index contributed by atoms with van der Waals surface area (Å²) in [5.74, 6) is 0. The lowest BCUT2D eigenvalue weighted by atomic mass is 10.3. The van der Waals surface area contributed by atoms with Crippen molar-refractivity contribution in [2.45, 2.75) is 63.7 Å². The van der Waals surface area contributed by atoms with Gasteiger partial charge in [-0.1, -0.05) is 63.7 Å². The molecule has 0 aromatic rings. The average molecular weight is 170 g/mol. The van der Waals surface area contributed by atoms with E-state index in [1.54, 1.807) is 31.0 Å². The Labute approximate surface area is 72.4 Å². The molecule has 0 atom stereocenters. The third kappa shape index (κ3) is 2.98. The number of hydrogen-bond acceptors (Lipinski definition) is 0. The van der Waals surface area contributed by atoms with Crippen molar-refractivity contribution in [3.63, 3.8) is 0 Å². The summed E-state index contributed by atoms with van der Waals surface area (Å²) in [6.45, 7) is 4.95. The summed E-state index contributed by atoms with van der Waals surface area (Å²) in [4.78, 5) is 0. The normalized spacial score (nSPS) is 23.5. The third-order valence-electron chi connectivity index (χ3n) is 3.19. The summed E-state index contributed by atoms with van der Waals surface area (Å²) in [5.41, 5.74) is 0. The highest BCUT2D eigenvalue weighted by atomic mass is 28.3. The van der Waals surface area contributed by atoms with E-state index < -0.39 is 8.07 Å². The summed E-state index contributed by atoms with van der Waals surface area (Å²) >= 11 is 0. The van der Waals surface area contributed by atoms with Crippen molar-refractivity contribution in [2.75, 3.05) is 0 Å². The summed E-state index contributed by atoms with van der Waals surface area (Å²) in [6, 6.07) is 4.88. The van der Waals surface area contributed by atoms with Crippen molar-refractivity contribution in [3.8, 4) is 0 Å². The van der Waals surface area contributed by atoms with Gasteiger partial charge in [-0.3, -0.25) is 0 Å². The molecule has 0 aromatic carbocycles. The van der Waals surface area contributed by atoms with Gasteiger partial charge in [0.1, 0.15) is 0 Å². The molecule has 0 radical (unpaired) electrons. The Morgan fingerprint density at radius 2 is 1.73 bits per heavy atom. The fourth-order valence-electron chi connectivity index (χ4n) is 2.26. The van der Waals surface area contributed by atoms with Crippen molar-refractivity contribution in [2.24, 2.45) is 0 Å². The van der Waals surface area contributed by atoms with Crippen LogP contribution in [0.5, 0.6) is 0 Å². The number of rotatable bonds is 3. The van der Waals surface area contributed by atoms with E-state index in [0.717, 1.165) is 0 Å². The zero-order valence-corrected chi connectivity index (χ0v) is 9.16. The quantitative estimate of drug-likeness (QED) is 0.561. The number of hydrogen-bond donors (Lipinski definition) is 0. The first-order valence-electron chi connectivity index (χ1n) is 5.27. The molecule has 1 aliphatic heterocycles. The first-order valence-corrected chi connectivity index (χ1v) is 8.39. The molecule has 0 nitrogen and oxygen atoms in total. The molecule has 0 saturated carbocycles. The molecule has 1 heteroatoms. The molecule has 66 valence electrons. The average Bonchev–Trinajstić information content (AvgIpc) is 2.03. The molecule has 0 aromatic heterocycles. The smallest absolute Gasteiger partial charge is 0.0504 e. The SMILES string of the molecule is CCCC[Si]1(C)CCCCC1. The molecule has 0 unspecified atom stereocenters. The predicted octanol–water partition coefficient (Wildman–Crippen LogP) is 4.05. The maximum absolute atomic E-state index is 2.63. The molecule has 0 aliphatic carbocycles. The van der Waals surface area contributed by atoms with Gasteiger partial charge >= 0.3 is 0 Å². The summed E-state index contributed by atoms with van der Waals surface area (Å²) in [6.07, 6.45) is 7.53. The molecule has 0 bridgehead atoms. The van der Waals surface area contributed by atoms with Gasteiger partial charge in [0.25, 0.3) is 0 Å². The second-order valence-electron chi connectivity index (χ2n) is 4.47. The minimum Gasteiger partial charge on any atom is -0.0691 e. The van der Waals surface area contributed by atoms with E-state index in [2.05, 4.69) is 13.5 Å². The highest BCUT2D eigenvalue weighted by Gasteiger charge is 2.27. The Morgan fingerprint density at radius 3 is 2.27 bits per heavy atom. The third-order valence-corrected chi connectivity index (χ3v) is 7.88. The monoisotopic (exact) mass is 170 g/mol. The van der Waals surface area contributed by atoms with E-state index in [1.807, 2.05) is 0 Å². The van der Waals surface area contributed by atoms with Crippen LogP contribution in [0.1, 0.15) is 39.0 Å². The molecule has 0 spiro atoms. The Hall–Kier alpha value is 0.217. The fourth-order valence-corrected chi connectivity index (χ4v) is 6.42. The van der Waals surface area contributed by atoms with Gasteiger partial charge in [0.05, 0.1) is 8.07 Å². The fraction of sp³-hybridized carbons (Fsp3) is 1.00. The van der Waals surface area contributed by atoms with Gasteiger partial charge in [0.15, 0.2) is 0 Å². The topological polar surface area (TPSA) is 0 Å². The van der Waals surface area contributed by atoms with Crippen LogP contribution in [0.4, 0.5) is 0 Å². The lowest BCUT2D eigenvalue weighted by Gasteiger charge is -2.31. The molecule has 0 amide bonds. The van der Waals surface area contributed by atoms with E-state index in [4.69, 9.17) is 0 Å².